The molecule has 0 aliphatic carbocycles. The van der Waals surface area contributed by atoms with Crippen LogP contribution in [0.25, 0.3) is 0 Å². The highest BCUT2D eigenvalue weighted by atomic mass is 32.2. The molecule has 0 aromatic carbocycles. The van der Waals surface area contributed by atoms with Gasteiger partial charge in [0.05, 0.1) is 6.61 Å². The maximum Gasteiger partial charge on any atom is 0.117 e. The Bertz CT molecular complexity index is 184. The maximum absolute atomic E-state index is 5.92. The number of ether oxygens (including phenoxy) is 1. The Morgan fingerprint density at radius 2 is 2.43 bits per heavy atom. The third-order valence-corrected chi connectivity index (χ3v) is 4.55. The molecule has 0 aromatic heterocycles. The predicted octanol–water partition coefficient (Wildman–Crippen LogP) is 2.24. The molecular weight excluding hydrogens is 194 g/mol. The first-order valence-corrected chi connectivity index (χ1v) is 6.73. The van der Waals surface area contributed by atoms with E-state index in [2.05, 4.69) is 30.9 Å². The summed E-state index contributed by atoms with van der Waals surface area (Å²) in [5.74, 6) is 2.01. The van der Waals surface area contributed by atoms with E-state index in [1.165, 1.54) is 25.0 Å². The van der Waals surface area contributed by atoms with Crippen LogP contribution in [-0.4, -0.2) is 29.9 Å². The molecule has 82 valence electrons. The summed E-state index contributed by atoms with van der Waals surface area (Å²) in [7, 11) is 0. The van der Waals surface area contributed by atoms with E-state index in [1.54, 1.807) is 0 Å². The van der Waals surface area contributed by atoms with Gasteiger partial charge >= 0.3 is 0 Å². The molecule has 0 saturated carbocycles. The lowest BCUT2D eigenvalue weighted by molar-refractivity contribution is -0.105. The van der Waals surface area contributed by atoms with Crippen molar-refractivity contribution in [2.24, 2.45) is 5.92 Å². The summed E-state index contributed by atoms with van der Waals surface area (Å²) < 4.78 is 5.92. The lowest BCUT2D eigenvalue weighted by Gasteiger charge is -2.39. The second-order valence-corrected chi connectivity index (χ2v) is 6.28. The Morgan fingerprint density at radius 1 is 1.57 bits per heavy atom. The lowest BCUT2D eigenvalue weighted by Crippen LogP contribution is -2.53. The summed E-state index contributed by atoms with van der Waals surface area (Å²) in [5, 5.41) is 4.36. The van der Waals surface area contributed by atoms with E-state index in [-0.39, 0.29) is 5.72 Å². The minimum atomic E-state index is -0.0471. The fourth-order valence-electron chi connectivity index (χ4n) is 2.20. The Morgan fingerprint density at radius 3 is 3.00 bits per heavy atom. The summed E-state index contributed by atoms with van der Waals surface area (Å²) >= 11 is 2.12. The first-order valence-electron chi connectivity index (χ1n) is 5.68. The van der Waals surface area contributed by atoms with Gasteiger partial charge in [-0.1, -0.05) is 6.92 Å². The van der Waals surface area contributed by atoms with Gasteiger partial charge in [0.1, 0.15) is 5.72 Å². The van der Waals surface area contributed by atoms with Gasteiger partial charge in [-0.25, -0.2) is 0 Å². The molecule has 2 aliphatic rings. The highest BCUT2D eigenvalue weighted by Gasteiger charge is 2.33. The van der Waals surface area contributed by atoms with E-state index < -0.39 is 0 Å². The van der Waals surface area contributed by atoms with Crippen LogP contribution in [0.5, 0.6) is 0 Å². The van der Waals surface area contributed by atoms with Crippen molar-refractivity contribution in [2.45, 2.75) is 44.1 Å². The third-order valence-electron chi connectivity index (χ3n) is 3.15. The van der Waals surface area contributed by atoms with Crippen molar-refractivity contribution in [1.82, 2.24) is 5.32 Å². The van der Waals surface area contributed by atoms with E-state index in [0.717, 1.165) is 18.4 Å². The molecule has 0 radical (unpaired) electrons. The fourth-order valence-corrected chi connectivity index (χ4v) is 3.63. The van der Waals surface area contributed by atoms with Crippen molar-refractivity contribution in [2.75, 3.05) is 18.9 Å². The van der Waals surface area contributed by atoms with Crippen molar-refractivity contribution in [1.29, 1.82) is 0 Å². The summed E-state index contributed by atoms with van der Waals surface area (Å²) in [6.07, 6.45) is 3.94. The van der Waals surface area contributed by atoms with E-state index in [1.807, 2.05) is 0 Å². The number of thioether (sulfide) groups is 1. The molecule has 2 heterocycles. The highest BCUT2D eigenvalue weighted by molar-refractivity contribution is 8.00. The minimum Gasteiger partial charge on any atom is -0.361 e. The molecule has 2 saturated heterocycles. The molecule has 2 aliphatic heterocycles. The first kappa shape index (κ1) is 10.8. The van der Waals surface area contributed by atoms with Crippen LogP contribution in [0.4, 0.5) is 0 Å². The number of nitrogens with one attached hydrogen (secondary N) is 1. The van der Waals surface area contributed by atoms with Gasteiger partial charge in [-0.15, -0.1) is 0 Å². The highest BCUT2D eigenvalue weighted by Crippen LogP contribution is 2.33. The van der Waals surface area contributed by atoms with Crippen LogP contribution in [0.2, 0.25) is 0 Å². The fraction of sp³-hybridized carbons (Fsp3) is 1.00. The zero-order chi connectivity index (χ0) is 10.0. The first-order chi connectivity index (χ1) is 6.68. The van der Waals surface area contributed by atoms with Crippen molar-refractivity contribution in [3.8, 4) is 0 Å². The lowest BCUT2D eigenvalue weighted by atomic mass is 10.0. The second kappa shape index (κ2) is 4.42. The molecule has 1 N–H and O–H groups in total. The van der Waals surface area contributed by atoms with Crippen LogP contribution in [0.15, 0.2) is 0 Å². The number of hydrogen-bond acceptors (Lipinski definition) is 3. The van der Waals surface area contributed by atoms with Gasteiger partial charge in [0, 0.05) is 18.2 Å². The molecule has 14 heavy (non-hydrogen) atoms. The van der Waals surface area contributed by atoms with Crippen molar-refractivity contribution < 1.29 is 4.74 Å². The van der Waals surface area contributed by atoms with Gasteiger partial charge in [-0.2, -0.15) is 11.8 Å². The zero-order valence-corrected chi connectivity index (χ0v) is 10.0. The quantitative estimate of drug-likeness (QED) is 0.763. The SMILES string of the molecule is CC1CNC(C)(CC2CCCS2)OC1. The van der Waals surface area contributed by atoms with Crippen LogP contribution in [-0.2, 0) is 4.74 Å². The average molecular weight is 215 g/mol. The van der Waals surface area contributed by atoms with Gasteiger partial charge in [0.15, 0.2) is 0 Å². The Labute approximate surface area is 91.2 Å². The Balaban J connectivity index is 1.82. The molecule has 2 nitrogen and oxygen atoms in total. The van der Waals surface area contributed by atoms with E-state index in [9.17, 15) is 0 Å². The Kier molecular flexibility index (Phi) is 3.40. The topological polar surface area (TPSA) is 21.3 Å². The minimum absolute atomic E-state index is 0.0471. The van der Waals surface area contributed by atoms with Crippen LogP contribution in [0, 0.1) is 5.92 Å². The van der Waals surface area contributed by atoms with Crippen LogP contribution in [0.3, 0.4) is 0 Å². The van der Waals surface area contributed by atoms with Crippen LogP contribution in [0.1, 0.15) is 33.1 Å². The molecule has 3 atom stereocenters. The van der Waals surface area contributed by atoms with Gasteiger partial charge in [0.25, 0.3) is 0 Å². The molecule has 3 unspecified atom stereocenters. The predicted molar refractivity (Wildman–Crippen MR) is 61.6 cm³/mol. The zero-order valence-electron chi connectivity index (χ0n) is 9.21. The van der Waals surface area contributed by atoms with Gasteiger partial charge in [-0.3, -0.25) is 5.32 Å². The third kappa shape index (κ3) is 2.65. The molecule has 0 bridgehead atoms. The molecule has 2 fully saturated rings. The standard InChI is InChI=1S/C11H21NOS/c1-9-7-12-11(2,13-8-9)6-10-4-3-5-14-10/h9-10,12H,3-8H2,1-2H3. The summed E-state index contributed by atoms with van der Waals surface area (Å²) in [5.41, 5.74) is -0.0471. The smallest absolute Gasteiger partial charge is 0.117 e. The van der Waals surface area contributed by atoms with Crippen molar-refractivity contribution in [3.63, 3.8) is 0 Å². The second-order valence-electron chi connectivity index (χ2n) is 4.87. The van der Waals surface area contributed by atoms with Gasteiger partial charge in [0.2, 0.25) is 0 Å². The van der Waals surface area contributed by atoms with Crippen LogP contribution >= 0.6 is 11.8 Å². The van der Waals surface area contributed by atoms with E-state index in [0.29, 0.717) is 5.92 Å². The summed E-state index contributed by atoms with van der Waals surface area (Å²) in [6, 6.07) is 0. The number of rotatable bonds is 2. The van der Waals surface area contributed by atoms with Gasteiger partial charge < -0.3 is 4.74 Å². The molecule has 0 aromatic rings. The summed E-state index contributed by atoms with van der Waals surface area (Å²) in [6.45, 7) is 6.46. The molecule has 2 rings (SSSR count). The number of hydrogen-bond donors (Lipinski definition) is 1. The largest absolute Gasteiger partial charge is 0.361 e. The maximum atomic E-state index is 5.92. The monoisotopic (exact) mass is 215 g/mol. The Hall–Kier alpha value is 0.270. The van der Waals surface area contributed by atoms with Crippen molar-refractivity contribution >= 4 is 11.8 Å². The van der Waals surface area contributed by atoms with Crippen molar-refractivity contribution in [3.05, 3.63) is 0 Å². The van der Waals surface area contributed by atoms with E-state index >= 15 is 0 Å². The molecule has 0 spiro atoms. The summed E-state index contributed by atoms with van der Waals surface area (Å²) in [4.78, 5) is 0. The molecule has 0 amide bonds. The normalized spacial score (nSPS) is 44.1. The molecule has 3 heteroatoms. The van der Waals surface area contributed by atoms with Crippen LogP contribution < -0.4 is 5.32 Å². The van der Waals surface area contributed by atoms with Gasteiger partial charge in [-0.05, 0) is 31.4 Å². The average Bonchev–Trinajstić information content (AvgIpc) is 2.63. The molecular formula is C11H21NOS. The van der Waals surface area contributed by atoms with E-state index in [4.69, 9.17) is 4.74 Å².